The highest BCUT2D eigenvalue weighted by molar-refractivity contribution is 6.42. The van der Waals surface area contributed by atoms with Crippen LogP contribution in [0.2, 0.25) is 10.0 Å². The Balaban J connectivity index is 2.07. The third kappa shape index (κ3) is 5.96. The van der Waals surface area contributed by atoms with Crippen molar-refractivity contribution in [2.24, 2.45) is 0 Å². The van der Waals surface area contributed by atoms with Crippen LogP contribution in [0.3, 0.4) is 0 Å². The van der Waals surface area contributed by atoms with Crippen LogP contribution in [0.25, 0.3) is 0 Å². The maximum Gasteiger partial charge on any atom is 0.336 e. The van der Waals surface area contributed by atoms with E-state index in [0.717, 1.165) is 0 Å². The molecule has 0 fully saturated rings. The van der Waals surface area contributed by atoms with Crippen LogP contribution in [0.15, 0.2) is 51.6 Å². The standard InChI is InChI=1S/C24H25Cl2N3O7/c1-4-36-24(33)21-16(11-35-10-13-8-18(31)29-17(9-30)28-13)27-12(2)19(23(32)34-3)20(21)14-6-5-7-15(25)22(14)26/h5-8,20,27,30H,4,9-11H2,1-3H3,(H,28,29,31). The number of H-pyrrole nitrogens is 1. The van der Waals surface area contributed by atoms with E-state index < -0.39 is 30.0 Å². The third-order valence-corrected chi connectivity index (χ3v) is 6.16. The number of aromatic nitrogens is 2. The van der Waals surface area contributed by atoms with Gasteiger partial charge in [-0.25, -0.2) is 14.6 Å². The number of halogens is 2. The fourth-order valence-corrected chi connectivity index (χ4v) is 4.28. The topological polar surface area (TPSA) is 140 Å². The van der Waals surface area contributed by atoms with Crippen molar-refractivity contribution in [1.82, 2.24) is 15.3 Å². The van der Waals surface area contributed by atoms with Gasteiger partial charge in [0.1, 0.15) is 12.4 Å². The molecule has 1 aliphatic rings. The Labute approximate surface area is 216 Å². The number of carbonyl (C=O) groups excluding carboxylic acids is 2. The molecule has 2 heterocycles. The van der Waals surface area contributed by atoms with Gasteiger partial charge in [-0.3, -0.25) is 4.79 Å². The van der Waals surface area contributed by atoms with E-state index in [0.29, 0.717) is 17.0 Å². The Kier molecular flexibility index (Phi) is 9.27. The quantitative estimate of drug-likeness (QED) is 0.411. The number of dihydropyridines is 1. The molecule has 0 aliphatic carbocycles. The summed E-state index contributed by atoms with van der Waals surface area (Å²) < 4.78 is 16.1. The van der Waals surface area contributed by atoms with Gasteiger partial charge in [0.25, 0.3) is 5.56 Å². The summed E-state index contributed by atoms with van der Waals surface area (Å²) in [6.07, 6.45) is 0. The third-order valence-electron chi connectivity index (χ3n) is 5.33. The van der Waals surface area contributed by atoms with Gasteiger partial charge in [-0.1, -0.05) is 35.3 Å². The van der Waals surface area contributed by atoms with Crippen molar-refractivity contribution < 1.29 is 28.9 Å². The Morgan fingerprint density at radius 3 is 2.58 bits per heavy atom. The molecule has 0 radical (unpaired) electrons. The molecular formula is C24H25Cl2N3O7. The molecule has 1 aromatic carbocycles. The average molecular weight is 538 g/mol. The van der Waals surface area contributed by atoms with E-state index in [1.165, 1.54) is 13.2 Å². The molecule has 3 N–H and O–H groups in total. The van der Waals surface area contributed by atoms with E-state index in [2.05, 4.69) is 15.3 Å². The van der Waals surface area contributed by atoms with Gasteiger partial charge in [-0.05, 0) is 25.5 Å². The molecule has 0 bridgehead atoms. The van der Waals surface area contributed by atoms with E-state index in [9.17, 15) is 19.5 Å². The molecule has 1 unspecified atom stereocenters. The van der Waals surface area contributed by atoms with Gasteiger partial charge in [0.15, 0.2) is 0 Å². The molecule has 1 atom stereocenters. The zero-order valence-electron chi connectivity index (χ0n) is 19.8. The predicted molar refractivity (Wildman–Crippen MR) is 131 cm³/mol. The molecule has 3 rings (SSSR count). The second-order valence-electron chi connectivity index (χ2n) is 7.68. The molecule has 36 heavy (non-hydrogen) atoms. The molecule has 1 aromatic heterocycles. The molecule has 0 saturated heterocycles. The summed E-state index contributed by atoms with van der Waals surface area (Å²) in [6.45, 7) is 2.75. The zero-order valence-corrected chi connectivity index (χ0v) is 21.3. The number of carbonyl (C=O) groups is 2. The summed E-state index contributed by atoms with van der Waals surface area (Å²) >= 11 is 12.8. The van der Waals surface area contributed by atoms with Crippen LogP contribution < -0.4 is 10.9 Å². The number of hydrogen-bond acceptors (Lipinski definition) is 9. The summed E-state index contributed by atoms with van der Waals surface area (Å²) in [5.41, 5.74) is 1.27. The van der Waals surface area contributed by atoms with Crippen LogP contribution in [0.5, 0.6) is 0 Å². The number of hydrogen-bond donors (Lipinski definition) is 3. The Hall–Kier alpha value is -3.18. The first-order valence-corrected chi connectivity index (χ1v) is 11.6. The van der Waals surface area contributed by atoms with E-state index in [-0.39, 0.29) is 52.5 Å². The highest BCUT2D eigenvalue weighted by atomic mass is 35.5. The molecular weight excluding hydrogens is 513 g/mol. The first-order chi connectivity index (χ1) is 17.2. The van der Waals surface area contributed by atoms with Crippen LogP contribution in [-0.2, 0) is 37.0 Å². The number of methoxy groups -OCH3 is 1. The lowest BCUT2D eigenvalue weighted by molar-refractivity contribution is -0.139. The van der Waals surface area contributed by atoms with E-state index in [1.54, 1.807) is 32.0 Å². The van der Waals surface area contributed by atoms with Crippen molar-refractivity contribution in [1.29, 1.82) is 0 Å². The minimum Gasteiger partial charge on any atom is -0.466 e. The van der Waals surface area contributed by atoms with Crippen molar-refractivity contribution in [3.8, 4) is 0 Å². The van der Waals surface area contributed by atoms with Crippen LogP contribution in [-0.4, -0.2) is 47.3 Å². The highest BCUT2D eigenvalue weighted by Crippen LogP contribution is 2.43. The molecule has 2 aromatic rings. The monoisotopic (exact) mass is 537 g/mol. The second kappa shape index (κ2) is 12.2. The molecule has 0 amide bonds. The first kappa shape index (κ1) is 27.4. The molecule has 0 spiro atoms. The van der Waals surface area contributed by atoms with Crippen molar-refractivity contribution in [2.75, 3.05) is 20.3 Å². The number of esters is 2. The Morgan fingerprint density at radius 1 is 1.17 bits per heavy atom. The van der Waals surface area contributed by atoms with E-state index in [4.69, 9.17) is 37.4 Å². The van der Waals surface area contributed by atoms with Crippen molar-refractivity contribution in [2.45, 2.75) is 33.0 Å². The number of rotatable bonds is 9. The molecule has 10 nitrogen and oxygen atoms in total. The largest absolute Gasteiger partial charge is 0.466 e. The molecule has 12 heteroatoms. The van der Waals surface area contributed by atoms with Gasteiger partial charge in [-0.2, -0.15) is 0 Å². The minimum absolute atomic E-state index is 0.0867. The van der Waals surface area contributed by atoms with Crippen LogP contribution in [0, 0.1) is 0 Å². The Morgan fingerprint density at radius 2 is 1.92 bits per heavy atom. The van der Waals surface area contributed by atoms with Gasteiger partial charge in [0.2, 0.25) is 0 Å². The predicted octanol–water partition coefficient (Wildman–Crippen LogP) is 2.74. The summed E-state index contributed by atoms with van der Waals surface area (Å²) in [4.78, 5) is 44.3. The van der Waals surface area contributed by atoms with Gasteiger partial charge in [0, 0.05) is 11.8 Å². The van der Waals surface area contributed by atoms with E-state index in [1.807, 2.05) is 0 Å². The smallest absolute Gasteiger partial charge is 0.336 e. The summed E-state index contributed by atoms with van der Waals surface area (Å²) in [7, 11) is 1.24. The maximum absolute atomic E-state index is 13.2. The van der Waals surface area contributed by atoms with Crippen molar-refractivity contribution >= 4 is 35.1 Å². The molecule has 1 aliphatic heterocycles. The number of aromatic amines is 1. The van der Waals surface area contributed by atoms with Crippen molar-refractivity contribution in [3.63, 3.8) is 0 Å². The van der Waals surface area contributed by atoms with Crippen LogP contribution >= 0.6 is 23.2 Å². The second-order valence-corrected chi connectivity index (χ2v) is 8.46. The lowest BCUT2D eigenvalue weighted by atomic mass is 9.80. The van der Waals surface area contributed by atoms with Crippen LogP contribution in [0.1, 0.15) is 36.8 Å². The van der Waals surface area contributed by atoms with Crippen molar-refractivity contribution in [3.05, 3.63) is 84.3 Å². The summed E-state index contributed by atoms with van der Waals surface area (Å²) in [5, 5.41) is 12.7. The summed E-state index contributed by atoms with van der Waals surface area (Å²) in [5.74, 6) is -2.20. The number of nitrogens with one attached hydrogen (secondary N) is 2. The minimum atomic E-state index is -0.957. The number of benzene rings is 1. The van der Waals surface area contributed by atoms with Gasteiger partial charge in [-0.15, -0.1) is 0 Å². The maximum atomic E-state index is 13.2. The fraction of sp³-hybridized carbons (Fsp3) is 0.333. The van der Waals surface area contributed by atoms with Crippen LogP contribution in [0.4, 0.5) is 0 Å². The highest BCUT2D eigenvalue weighted by Gasteiger charge is 2.40. The fourth-order valence-electron chi connectivity index (χ4n) is 3.86. The zero-order chi connectivity index (χ0) is 26.4. The first-order valence-electron chi connectivity index (χ1n) is 10.9. The van der Waals surface area contributed by atoms with Gasteiger partial charge < -0.3 is 29.6 Å². The lowest BCUT2D eigenvalue weighted by Crippen LogP contribution is -2.34. The number of nitrogens with zero attached hydrogens (tertiary/aromatic N) is 1. The number of aliphatic hydroxyl groups excluding tert-OH is 1. The average Bonchev–Trinajstić information content (AvgIpc) is 2.84. The number of ether oxygens (including phenoxy) is 3. The Bertz CT molecular complexity index is 1290. The molecule has 192 valence electrons. The van der Waals surface area contributed by atoms with Gasteiger partial charge in [0.05, 0.1) is 65.4 Å². The SMILES string of the molecule is CCOC(=O)C1=C(COCc2cc(=O)[nH]c(CO)n2)NC(C)=C(C(=O)OC)C1c1cccc(Cl)c1Cl. The number of allylic oxidation sites excluding steroid dienone is 1. The lowest BCUT2D eigenvalue weighted by Gasteiger charge is -2.31. The van der Waals surface area contributed by atoms with Gasteiger partial charge >= 0.3 is 11.9 Å². The normalized spacial score (nSPS) is 15.6. The molecule has 0 saturated carbocycles. The number of aliphatic hydroxyl groups is 1. The van der Waals surface area contributed by atoms with E-state index >= 15 is 0 Å². The summed E-state index contributed by atoms with van der Waals surface area (Å²) in [6, 6.07) is 6.15.